The van der Waals surface area contributed by atoms with Gasteiger partial charge in [-0.15, -0.1) is 22.0 Å². The van der Waals surface area contributed by atoms with Gasteiger partial charge in [0.25, 0.3) is 5.69 Å². The van der Waals surface area contributed by atoms with Crippen molar-refractivity contribution in [2.45, 2.75) is 4.90 Å². The zero-order valence-corrected chi connectivity index (χ0v) is 13.5. The van der Waals surface area contributed by atoms with Crippen molar-refractivity contribution >= 4 is 39.6 Å². The third-order valence-corrected chi connectivity index (χ3v) is 4.30. The quantitative estimate of drug-likeness (QED) is 0.290. The van der Waals surface area contributed by atoms with Gasteiger partial charge in [0, 0.05) is 16.3 Å². The zero-order chi connectivity index (χ0) is 17.1. The lowest BCUT2D eigenvalue weighted by molar-refractivity contribution is -0.384. The number of thioether (sulfide) groups is 1. The number of phenols is 1. The van der Waals surface area contributed by atoms with Crippen LogP contribution in [0.3, 0.4) is 0 Å². The molecule has 24 heavy (non-hydrogen) atoms. The molecule has 0 radical (unpaired) electrons. The number of fused-ring (bicyclic) bond motifs is 1. The van der Waals surface area contributed by atoms with Crippen LogP contribution < -0.4 is 0 Å². The molecule has 0 amide bonds. The van der Waals surface area contributed by atoms with Gasteiger partial charge in [-0.25, -0.2) is 0 Å². The molecule has 0 saturated carbocycles. The summed E-state index contributed by atoms with van der Waals surface area (Å²) in [5, 5.41) is 31.0. The number of benzene rings is 3. The Morgan fingerprint density at radius 1 is 1.00 bits per heavy atom. The van der Waals surface area contributed by atoms with Crippen LogP contribution in [0.15, 0.2) is 69.7 Å². The van der Waals surface area contributed by atoms with E-state index in [4.69, 9.17) is 0 Å². The second-order valence-corrected chi connectivity index (χ2v) is 5.79. The third kappa shape index (κ3) is 2.93. The highest BCUT2D eigenvalue weighted by molar-refractivity contribution is 7.98. The first kappa shape index (κ1) is 15.9. The Bertz CT molecular complexity index is 957. The van der Waals surface area contributed by atoms with E-state index in [1.807, 2.05) is 24.5 Å². The summed E-state index contributed by atoms with van der Waals surface area (Å²) in [6.07, 6.45) is 1.93. The summed E-state index contributed by atoms with van der Waals surface area (Å²) in [4.78, 5) is 11.5. The summed E-state index contributed by atoms with van der Waals surface area (Å²) in [6, 6.07) is 15.3. The Balaban J connectivity index is 2.11. The highest BCUT2D eigenvalue weighted by Gasteiger charge is 2.13. The van der Waals surface area contributed by atoms with E-state index in [0.717, 1.165) is 10.3 Å². The molecule has 0 aliphatic carbocycles. The molecule has 1 N–H and O–H groups in total. The van der Waals surface area contributed by atoms with Gasteiger partial charge >= 0.3 is 0 Å². The van der Waals surface area contributed by atoms with E-state index in [2.05, 4.69) is 10.2 Å². The summed E-state index contributed by atoms with van der Waals surface area (Å²) in [6.45, 7) is 0. The number of aromatic hydroxyl groups is 1. The van der Waals surface area contributed by atoms with Gasteiger partial charge in [-0.2, -0.15) is 0 Å². The molecule has 0 atom stereocenters. The first-order valence-electron chi connectivity index (χ1n) is 7.05. The van der Waals surface area contributed by atoms with Gasteiger partial charge in [0.2, 0.25) is 0 Å². The molecule has 0 aliphatic rings. The van der Waals surface area contributed by atoms with E-state index in [9.17, 15) is 15.2 Å². The Morgan fingerprint density at radius 3 is 2.33 bits per heavy atom. The molecule has 0 heterocycles. The summed E-state index contributed by atoms with van der Waals surface area (Å²) in [7, 11) is 0. The molecule has 0 saturated heterocycles. The Hall–Kier alpha value is -2.93. The number of nitrogens with zero attached hydrogens (tertiary/aromatic N) is 3. The van der Waals surface area contributed by atoms with Crippen molar-refractivity contribution in [1.82, 2.24) is 0 Å². The summed E-state index contributed by atoms with van der Waals surface area (Å²) >= 11 is 1.53. The molecule has 3 rings (SSSR count). The number of hydrogen-bond donors (Lipinski definition) is 1. The van der Waals surface area contributed by atoms with Gasteiger partial charge in [0.1, 0.15) is 5.69 Å². The predicted molar refractivity (Wildman–Crippen MR) is 94.7 cm³/mol. The van der Waals surface area contributed by atoms with Crippen molar-refractivity contribution in [2.24, 2.45) is 10.2 Å². The topological polar surface area (TPSA) is 88.1 Å². The van der Waals surface area contributed by atoms with Crippen molar-refractivity contribution in [3.8, 4) is 5.75 Å². The molecule has 120 valence electrons. The van der Waals surface area contributed by atoms with Crippen molar-refractivity contribution in [2.75, 3.05) is 6.26 Å². The summed E-state index contributed by atoms with van der Waals surface area (Å²) in [5.74, 6) is 0.00531. The van der Waals surface area contributed by atoms with Crippen LogP contribution in [0.25, 0.3) is 10.8 Å². The van der Waals surface area contributed by atoms with Gasteiger partial charge in [-0.05, 0) is 23.8 Å². The van der Waals surface area contributed by atoms with E-state index in [1.54, 1.807) is 24.3 Å². The van der Waals surface area contributed by atoms with Crippen molar-refractivity contribution in [3.63, 3.8) is 0 Å². The zero-order valence-electron chi connectivity index (χ0n) is 12.7. The molecule has 0 spiro atoms. The molecule has 6 nitrogen and oxygen atoms in total. The molecule has 7 heteroatoms. The average molecular weight is 339 g/mol. The number of nitro groups is 1. The molecule has 0 fully saturated rings. The van der Waals surface area contributed by atoms with Crippen LogP contribution in [0.5, 0.6) is 5.75 Å². The SMILES string of the molecule is CSc1cc(N=Nc2ccccc2[N+](=O)[O-])c(O)c2ccccc12. The number of phenolic OH excluding ortho intramolecular Hbond substituents is 1. The van der Waals surface area contributed by atoms with E-state index in [0.29, 0.717) is 5.39 Å². The normalized spacial score (nSPS) is 11.2. The van der Waals surface area contributed by atoms with Crippen molar-refractivity contribution < 1.29 is 10.0 Å². The van der Waals surface area contributed by atoms with E-state index < -0.39 is 4.92 Å². The lowest BCUT2D eigenvalue weighted by Gasteiger charge is -2.08. The second-order valence-electron chi connectivity index (χ2n) is 4.94. The van der Waals surface area contributed by atoms with Crippen LogP contribution in [0.4, 0.5) is 17.1 Å². The second kappa shape index (κ2) is 6.67. The van der Waals surface area contributed by atoms with Gasteiger partial charge in [0.05, 0.1) is 4.92 Å². The number of nitro benzene ring substituents is 1. The first-order chi connectivity index (χ1) is 11.6. The van der Waals surface area contributed by atoms with E-state index >= 15 is 0 Å². The first-order valence-corrected chi connectivity index (χ1v) is 8.28. The largest absolute Gasteiger partial charge is 0.505 e. The van der Waals surface area contributed by atoms with E-state index in [-0.39, 0.29) is 22.8 Å². The Labute approximate surface area is 142 Å². The standard InChI is InChI=1S/C17H13N3O3S/c1-24-16-10-14(17(21)12-7-3-2-6-11(12)16)19-18-13-8-4-5-9-15(13)20(22)23/h2-10,21H,1H3. The van der Waals surface area contributed by atoms with Crippen molar-refractivity contribution in [3.05, 3.63) is 64.7 Å². The maximum atomic E-state index is 11.0. The molecule has 0 aliphatic heterocycles. The van der Waals surface area contributed by atoms with Gasteiger partial charge < -0.3 is 5.11 Å². The maximum Gasteiger partial charge on any atom is 0.296 e. The molecule has 3 aromatic rings. The monoisotopic (exact) mass is 339 g/mol. The number of rotatable bonds is 4. The molecule has 0 bridgehead atoms. The van der Waals surface area contributed by atoms with Crippen LogP contribution in [0.2, 0.25) is 0 Å². The van der Waals surface area contributed by atoms with E-state index in [1.165, 1.54) is 23.9 Å². The van der Waals surface area contributed by atoms with Gasteiger partial charge in [0.15, 0.2) is 11.4 Å². The van der Waals surface area contributed by atoms with Crippen LogP contribution in [-0.2, 0) is 0 Å². The van der Waals surface area contributed by atoms with Crippen LogP contribution in [-0.4, -0.2) is 16.3 Å². The highest BCUT2D eigenvalue weighted by atomic mass is 32.2. The van der Waals surface area contributed by atoms with Crippen LogP contribution in [0.1, 0.15) is 0 Å². The summed E-state index contributed by atoms with van der Waals surface area (Å²) in [5.41, 5.74) is 0.281. The maximum absolute atomic E-state index is 11.0. The fourth-order valence-electron chi connectivity index (χ4n) is 2.37. The van der Waals surface area contributed by atoms with Crippen LogP contribution in [0, 0.1) is 10.1 Å². The minimum Gasteiger partial charge on any atom is -0.505 e. The average Bonchev–Trinajstić information content (AvgIpc) is 2.61. The molecular weight excluding hydrogens is 326 g/mol. The minimum atomic E-state index is -0.512. The Kier molecular flexibility index (Phi) is 4.43. The number of azo groups is 1. The lowest BCUT2D eigenvalue weighted by Crippen LogP contribution is -1.87. The summed E-state index contributed by atoms with van der Waals surface area (Å²) < 4.78 is 0. The lowest BCUT2D eigenvalue weighted by atomic mass is 10.1. The number of para-hydroxylation sites is 1. The van der Waals surface area contributed by atoms with Gasteiger partial charge in [-0.3, -0.25) is 10.1 Å². The molecule has 0 aromatic heterocycles. The van der Waals surface area contributed by atoms with Gasteiger partial charge in [-0.1, -0.05) is 36.4 Å². The fraction of sp³-hybridized carbons (Fsp3) is 0.0588. The molecular formula is C17H13N3O3S. The fourth-order valence-corrected chi connectivity index (χ4v) is 3.00. The third-order valence-electron chi connectivity index (χ3n) is 3.52. The minimum absolute atomic E-state index is 0.00531. The number of hydrogen-bond acceptors (Lipinski definition) is 6. The smallest absolute Gasteiger partial charge is 0.296 e. The Morgan fingerprint density at radius 2 is 1.62 bits per heavy atom. The van der Waals surface area contributed by atoms with Crippen LogP contribution >= 0.6 is 11.8 Å². The molecule has 0 unspecified atom stereocenters. The predicted octanol–water partition coefficient (Wildman–Crippen LogP) is 5.59. The highest BCUT2D eigenvalue weighted by Crippen LogP contribution is 2.41. The van der Waals surface area contributed by atoms with Crippen molar-refractivity contribution in [1.29, 1.82) is 0 Å². The molecule has 3 aromatic carbocycles.